The highest BCUT2D eigenvalue weighted by atomic mass is 16.5. The summed E-state index contributed by atoms with van der Waals surface area (Å²) in [5.41, 5.74) is 3.63. The number of hydrazine groups is 1. The van der Waals surface area contributed by atoms with E-state index in [1.807, 2.05) is 13.8 Å². The zero-order valence-electron chi connectivity index (χ0n) is 6.80. The molecule has 0 aromatic rings. The standard InChI is InChI=1S/C3H9N3O2.C2H6/c1-6(2)4-3(7)5-8;1-2/h8H,1-2H3,(H2,4,5,7);1-2H3. The lowest BCUT2D eigenvalue weighted by Gasteiger charge is -2.09. The van der Waals surface area contributed by atoms with Crippen LogP contribution in [0.1, 0.15) is 13.8 Å². The van der Waals surface area contributed by atoms with Crippen molar-refractivity contribution in [3.05, 3.63) is 0 Å². The van der Waals surface area contributed by atoms with Gasteiger partial charge in [0.2, 0.25) is 0 Å². The Morgan fingerprint density at radius 1 is 1.40 bits per heavy atom. The second-order valence-corrected chi connectivity index (χ2v) is 1.45. The van der Waals surface area contributed by atoms with Crippen LogP contribution < -0.4 is 10.9 Å². The first-order chi connectivity index (χ1) is 4.66. The van der Waals surface area contributed by atoms with Crippen LogP contribution in [0.3, 0.4) is 0 Å². The van der Waals surface area contributed by atoms with Gasteiger partial charge < -0.3 is 0 Å². The Morgan fingerprint density at radius 2 is 1.80 bits per heavy atom. The van der Waals surface area contributed by atoms with Gasteiger partial charge in [-0.25, -0.2) is 15.3 Å². The second kappa shape index (κ2) is 8.19. The summed E-state index contributed by atoms with van der Waals surface area (Å²) in [6, 6.07) is -0.644. The Balaban J connectivity index is 0. The normalized spacial score (nSPS) is 7.80. The molecular weight excluding hydrogens is 134 g/mol. The molecule has 0 saturated carbocycles. The fourth-order valence-electron chi connectivity index (χ4n) is 0.228. The van der Waals surface area contributed by atoms with Crippen LogP contribution in [0.5, 0.6) is 0 Å². The summed E-state index contributed by atoms with van der Waals surface area (Å²) in [7, 11) is 3.27. The third-order valence-corrected chi connectivity index (χ3v) is 0.427. The van der Waals surface area contributed by atoms with Crippen LogP contribution in [0.15, 0.2) is 0 Å². The molecule has 0 aliphatic carbocycles. The second-order valence-electron chi connectivity index (χ2n) is 1.45. The molecule has 0 aromatic carbocycles. The van der Waals surface area contributed by atoms with E-state index in [0.29, 0.717) is 0 Å². The number of rotatable bonds is 1. The molecule has 0 aliphatic rings. The van der Waals surface area contributed by atoms with E-state index in [9.17, 15) is 4.79 Å². The summed E-state index contributed by atoms with van der Waals surface area (Å²) in [6.07, 6.45) is 0. The highest BCUT2D eigenvalue weighted by Crippen LogP contribution is 1.62. The molecule has 62 valence electrons. The van der Waals surface area contributed by atoms with Crippen LogP contribution >= 0.6 is 0 Å². The lowest BCUT2D eigenvalue weighted by Crippen LogP contribution is -2.41. The van der Waals surface area contributed by atoms with E-state index < -0.39 is 6.03 Å². The van der Waals surface area contributed by atoms with Gasteiger partial charge in [-0.15, -0.1) is 0 Å². The third-order valence-electron chi connectivity index (χ3n) is 0.427. The summed E-state index contributed by atoms with van der Waals surface area (Å²) in [5, 5.41) is 9.30. The Labute approximate surface area is 60.9 Å². The van der Waals surface area contributed by atoms with Crippen LogP contribution in [0.4, 0.5) is 4.79 Å². The van der Waals surface area contributed by atoms with E-state index >= 15 is 0 Å². The predicted octanol–water partition coefficient (Wildman–Crippen LogP) is 0.178. The van der Waals surface area contributed by atoms with Crippen LogP contribution in [0.25, 0.3) is 0 Å². The van der Waals surface area contributed by atoms with Gasteiger partial charge in [-0.1, -0.05) is 13.8 Å². The molecule has 0 aliphatic heterocycles. The van der Waals surface area contributed by atoms with Gasteiger partial charge >= 0.3 is 6.03 Å². The number of nitrogens with zero attached hydrogens (tertiary/aromatic N) is 1. The first-order valence-electron chi connectivity index (χ1n) is 3.05. The molecule has 0 fully saturated rings. The number of carbonyl (C=O) groups excluding carboxylic acids is 1. The zero-order chi connectivity index (χ0) is 8.57. The monoisotopic (exact) mass is 149 g/mol. The Hall–Kier alpha value is -0.810. The van der Waals surface area contributed by atoms with Crippen molar-refractivity contribution in [2.45, 2.75) is 13.8 Å². The van der Waals surface area contributed by atoms with Crippen molar-refractivity contribution in [1.29, 1.82) is 0 Å². The molecule has 10 heavy (non-hydrogen) atoms. The number of hydroxylamine groups is 1. The smallest absolute Gasteiger partial charge is 0.287 e. The maximum absolute atomic E-state index is 10.1. The van der Waals surface area contributed by atoms with Gasteiger partial charge in [-0.3, -0.25) is 10.6 Å². The molecule has 0 aromatic heterocycles. The fraction of sp³-hybridized carbons (Fsp3) is 0.800. The highest BCUT2D eigenvalue weighted by molar-refractivity contribution is 5.71. The quantitative estimate of drug-likeness (QED) is 0.368. The van der Waals surface area contributed by atoms with Crippen LogP contribution in [-0.4, -0.2) is 30.3 Å². The van der Waals surface area contributed by atoms with Crippen molar-refractivity contribution in [2.24, 2.45) is 0 Å². The summed E-state index contributed by atoms with van der Waals surface area (Å²) < 4.78 is 0. The average Bonchev–Trinajstić information content (AvgIpc) is 1.91. The molecule has 0 bridgehead atoms. The molecule has 0 unspecified atom stereocenters. The molecule has 0 radical (unpaired) electrons. The molecule has 0 heterocycles. The molecule has 0 saturated heterocycles. The first kappa shape index (κ1) is 11.9. The first-order valence-corrected chi connectivity index (χ1v) is 3.05. The average molecular weight is 149 g/mol. The van der Waals surface area contributed by atoms with E-state index in [0.717, 1.165) is 0 Å². The summed E-state index contributed by atoms with van der Waals surface area (Å²) >= 11 is 0. The van der Waals surface area contributed by atoms with Crippen molar-refractivity contribution < 1.29 is 10.0 Å². The van der Waals surface area contributed by atoms with E-state index in [1.54, 1.807) is 14.1 Å². The van der Waals surface area contributed by atoms with Gasteiger partial charge in [0, 0.05) is 14.1 Å². The van der Waals surface area contributed by atoms with Crippen molar-refractivity contribution in [3.63, 3.8) is 0 Å². The van der Waals surface area contributed by atoms with Crippen molar-refractivity contribution in [3.8, 4) is 0 Å². The maximum Gasteiger partial charge on any atom is 0.352 e. The van der Waals surface area contributed by atoms with Crippen molar-refractivity contribution in [1.82, 2.24) is 15.9 Å². The predicted molar refractivity (Wildman–Crippen MR) is 38.5 cm³/mol. The molecule has 3 N–H and O–H groups in total. The molecule has 0 rings (SSSR count). The Bertz CT molecular complexity index is 85.0. The number of hydrogen-bond donors (Lipinski definition) is 3. The van der Waals surface area contributed by atoms with Crippen molar-refractivity contribution in [2.75, 3.05) is 14.1 Å². The topological polar surface area (TPSA) is 64.6 Å². The zero-order valence-corrected chi connectivity index (χ0v) is 6.80. The van der Waals surface area contributed by atoms with Gasteiger partial charge in [0.1, 0.15) is 0 Å². The number of hydrogen-bond acceptors (Lipinski definition) is 3. The van der Waals surface area contributed by atoms with Gasteiger partial charge in [0.25, 0.3) is 0 Å². The fourth-order valence-corrected chi connectivity index (χ4v) is 0.228. The molecule has 0 atom stereocenters. The Morgan fingerprint density at radius 3 is 1.90 bits per heavy atom. The summed E-state index contributed by atoms with van der Waals surface area (Å²) in [6.45, 7) is 4.00. The van der Waals surface area contributed by atoms with E-state index in [-0.39, 0.29) is 0 Å². The number of nitrogens with one attached hydrogen (secondary N) is 2. The lowest BCUT2D eigenvalue weighted by atomic mass is 11.0. The van der Waals surface area contributed by atoms with Crippen LogP contribution in [0.2, 0.25) is 0 Å². The van der Waals surface area contributed by atoms with Crippen molar-refractivity contribution >= 4 is 6.03 Å². The number of amides is 2. The Kier molecular flexibility index (Phi) is 9.77. The minimum absolute atomic E-state index is 0.644. The van der Waals surface area contributed by atoms with Gasteiger partial charge in [0.05, 0.1) is 0 Å². The number of carbonyl (C=O) groups is 1. The highest BCUT2D eigenvalue weighted by Gasteiger charge is 1.94. The molecule has 5 heteroatoms. The van der Waals surface area contributed by atoms with Crippen LogP contribution in [0, 0.1) is 0 Å². The minimum atomic E-state index is -0.644. The largest absolute Gasteiger partial charge is 0.352 e. The van der Waals surface area contributed by atoms with Gasteiger partial charge in [-0.05, 0) is 0 Å². The molecule has 5 nitrogen and oxygen atoms in total. The minimum Gasteiger partial charge on any atom is -0.287 e. The molecule has 2 amide bonds. The van der Waals surface area contributed by atoms with Gasteiger partial charge in [0.15, 0.2) is 0 Å². The third kappa shape index (κ3) is 10.2. The summed E-state index contributed by atoms with van der Waals surface area (Å²) in [4.78, 5) is 10.1. The lowest BCUT2D eigenvalue weighted by molar-refractivity contribution is 0.143. The maximum atomic E-state index is 10.1. The van der Waals surface area contributed by atoms with Gasteiger partial charge in [-0.2, -0.15) is 0 Å². The van der Waals surface area contributed by atoms with E-state index in [4.69, 9.17) is 5.21 Å². The van der Waals surface area contributed by atoms with E-state index in [2.05, 4.69) is 5.43 Å². The number of urea groups is 1. The van der Waals surface area contributed by atoms with E-state index in [1.165, 1.54) is 10.5 Å². The van der Waals surface area contributed by atoms with Crippen LogP contribution in [-0.2, 0) is 0 Å². The summed E-state index contributed by atoms with van der Waals surface area (Å²) in [5.74, 6) is 0. The SMILES string of the molecule is CC.CN(C)NC(=O)NO. The molecular formula is C5H15N3O2. The molecule has 0 spiro atoms.